The molecule has 1 saturated carbocycles. The van der Waals surface area contributed by atoms with Crippen LogP contribution in [-0.4, -0.2) is 32.5 Å². The predicted octanol–water partition coefficient (Wildman–Crippen LogP) is 4.36. The first-order valence-electron chi connectivity index (χ1n) is 11.0. The van der Waals surface area contributed by atoms with E-state index in [0.717, 1.165) is 34.5 Å². The molecule has 7 nitrogen and oxygen atoms in total. The summed E-state index contributed by atoms with van der Waals surface area (Å²) in [5, 5.41) is 3.04. The number of rotatable bonds is 8. The molecule has 1 aromatic carbocycles. The summed E-state index contributed by atoms with van der Waals surface area (Å²) in [5.74, 6) is 1.91. The van der Waals surface area contributed by atoms with Crippen LogP contribution in [0.4, 0.5) is 0 Å². The molecule has 0 saturated heterocycles. The minimum Gasteiger partial charge on any atom is -0.496 e. The fourth-order valence-electron chi connectivity index (χ4n) is 3.82. The average Bonchev–Trinajstić information content (AvgIpc) is 3.59. The zero-order valence-corrected chi connectivity index (χ0v) is 18.4. The Morgan fingerprint density at radius 1 is 1.06 bits per heavy atom. The molecule has 0 radical (unpaired) electrons. The maximum Gasteiger partial charge on any atom is 0.268 e. The summed E-state index contributed by atoms with van der Waals surface area (Å²) < 4.78 is 7.45. The van der Waals surface area contributed by atoms with Crippen molar-refractivity contribution in [3.63, 3.8) is 0 Å². The lowest BCUT2D eigenvalue weighted by Gasteiger charge is -2.11. The van der Waals surface area contributed by atoms with E-state index in [-0.39, 0.29) is 5.91 Å². The van der Waals surface area contributed by atoms with Crippen molar-refractivity contribution >= 4 is 5.91 Å². The quantitative estimate of drug-likeness (QED) is 0.441. The molecule has 1 aliphatic rings. The molecule has 1 N–H and O–H groups in total. The van der Waals surface area contributed by atoms with E-state index < -0.39 is 0 Å². The Bertz CT molecular complexity index is 1250. The van der Waals surface area contributed by atoms with Gasteiger partial charge in [0, 0.05) is 66.3 Å². The summed E-state index contributed by atoms with van der Waals surface area (Å²) in [4.78, 5) is 26.2. The van der Waals surface area contributed by atoms with Gasteiger partial charge in [-0.3, -0.25) is 9.78 Å². The van der Waals surface area contributed by atoms with E-state index in [2.05, 4.69) is 24.8 Å². The molecule has 0 atom stereocenters. The monoisotopic (exact) mass is 439 g/mol. The van der Waals surface area contributed by atoms with Crippen molar-refractivity contribution in [1.29, 1.82) is 0 Å². The van der Waals surface area contributed by atoms with Crippen LogP contribution in [0, 0.1) is 5.92 Å². The van der Waals surface area contributed by atoms with Crippen LogP contribution in [-0.2, 0) is 13.1 Å². The Labute approximate surface area is 192 Å². The highest BCUT2D eigenvalue weighted by molar-refractivity contribution is 5.94. The standard InChI is InChI=1S/C26H25N5O2/c1-33-24-7-3-2-5-19(24)13-30-26(32)23-11-21(17-31(23)16-18-8-9-18)22-14-28-25(29-15-22)20-6-4-10-27-12-20/h2-7,10-12,14-15,17-18H,8-9,13,16H2,1H3,(H,30,32). The van der Waals surface area contributed by atoms with E-state index in [0.29, 0.717) is 24.0 Å². The molecule has 166 valence electrons. The van der Waals surface area contributed by atoms with Crippen LogP contribution < -0.4 is 10.1 Å². The lowest BCUT2D eigenvalue weighted by molar-refractivity contribution is 0.0941. The maximum absolute atomic E-state index is 13.1. The highest BCUT2D eigenvalue weighted by Crippen LogP contribution is 2.32. The molecule has 4 aromatic rings. The van der Waals surface area contributed by atoms with Crippen LogP contribution in [0.25, 0.3) is 22.5 Å². The topological polar surface area (TPSA) is 81.9 Å². The molecule has 0 bridgehead atoms. The summed E-state index contributed by atoms with van der Waals surface area (Å²) in [6.45, 7) is 1.24. The lowest BCUT2D eigenvalue weighted by Crippen LogP contribution is -2.25. The number of ether oxygens (including phenoxy) is 1. The molecule has 7 heteroatoms. The molecule has 3 aromatic heterocycles. The third-order valence-corrected chi connectivity index (χ3v) is 5.82. The van der Waals surface area contributed by atoms with Crippen molar-refractivity contribution in [3.05, 3.63) is 84.7 Å². The molecular formula is C26H25N5O2. The van der Waals surface area contributed by atoms with Gasteiger partial charge in [0.25, 0.3) is 5.91 Å². The number of nitrogens with one attached hydrogen (secondary N) is 1. The Kier molecular flexibility index (Phi) is 5.85. The molecule has 0 spiro atoms. The van der Waals surface area contributed by atoms with Gasteiger partial charge < -0.3 is 14.6 Å². The van der Waals surface area contributed by atoms with E-state index in [1.807, 2.05) is 48.7 Å². The molecule has 33 heavy (non-hydrogen) atoms. The van der Waals surface area contributed by atoms with Gasteiger partial charge in [-0.1, -0.05) is 18.2 Å². The van der Waals surface area contributed by atoms with Gasteiger partial charge in [0.2, 0.25) is 0 Å². The molecule has 1 amide bonds. The second kappa shape index (κ2) is 9.24. The van der Waals surface area contributed by atoms with Gasteiger partial charge in [-0.2, -0.15) is 0 Å². The summed E-state index contributed by atoms with van der Waals surface area (Å²) in [6.07, 6.45) is 11.5. The van der Waals surface area contributed by atoms with Gasteiger partial charge in [0.1, 0.15) is 11.4 Å². The van der Waals surface area contributed by atoms with Crippen LogP contribution >= 0.6 is 0 Å². The average molecular weight is 440 g/mol. The highest BCUT2D eigenvalue weighted by Gasteiger charge is 2.25. The van der Waals surface area contributed by atoms with Crippen molar-refractivity contribution in [1.82, 2.24) is 24.8 Å². The molecule has 1 fully saturated rings. The van der Waals surface area contributed by atoms with Crippen molar-refractivity contribution in [2.45, 2.75) is 25.9 Å². The van der Waals surface area contributed by atoms with Gasteiger partial charge >= 0.3 is 0 Å². The number of hydrogen-bond donors (Lipinski definition) is 1. The fourth-order valence-corrected chi connectivity index (χ4v) is 3.82. The van der Waals surface area contributed by atoms with E-state index >= 15 is 0 Å². The van der Waals surface area contributed by atoms with Crippen LogP contribution in [0.15, 0.2) is 73.4 Å². The van der Waals surface area contributed by atoms with E-state index in [4.69, 9.17) is 4.74 Å². The van der Waals surface area contributed by atoms with Gasteiger partial charge in [-0.15, -0.1) is 0 Å². The number of carbonyl (C=O) groups is 1. The molecule has 0 unspecified atom stereocenters. The Balaban J connectivity index is 1.37. The first-order chi connectivity index (χ1) is 16.2. The second-order valence-corrected chi connectivity index (χ2v) is 8.24. The van der Waals surface area contributed by atoms with Crippen LogP contribution in [0.3, 0.4) is 0 Å². The van der Waals surface area contributed by atoms with Gasteiger partial charge in [0.15, 0.2) is 5.82 Å². The molecule has 3 heterocycles. The smallest absolute Gasteiger partial charge is 0.268 e. The Morgan fingerprint density at radius 2 is 1.88 bits per heavy atom. The number of amides is 1. The molecule has 5 rings (SSSR count). The number of benzene rings is 1. The summed E-state index contributed by atoms with van der Waals surface area (Å²) in [7, 11) is 1.63. The third kappa shape index (κ3) is 4.77. The van der Waals surface area contributed by atoms with Crippen molar-refractivity contribution in [2.75, 3.05) is 7.11 Å². The number of carbonyl (C=O) groups excluding carboxylic acids is 1. The normalized spacial score (nSPS) is 13.0. The molecular weight excluding hydrogens is 414 g/mol. The number of methoxy groups -OCH3 is 1. The summed E-state index contributed by atoms with van der Waals surface area (Å²) >= 11 is 0. The number of pyridine rings is 1. The Hall–Kier alpha value is -4.00. The largest absolute Gasteiger partial charge is 0.496 e. The molecule has 1 aliphatic carbocycles. The van der Waals surface area contributed by atoms with Crippen LogP contribution in [0.5, 0.6) is 5.75 Å². The van der Waals surface area contributed by atoms with Gasteiger partial charge in [-0.05, 0) is 43.0 Å². The molecule has 0 aliphatic heterocycles. The minimum absolute atomic E-state index is 0.110. The fraction of sp³-hybridized carbons (Fsp3) is 0.231. The van der Waals surface area contributed by atoms with Crippen LogP contribution in [0.1, 0.15) is 28.9 Å². The summed E-state index contributed by atoms with van der Waals surface area (Å²) in [5.41, 5.74) is 4.25. The van der Waals surface area contributed by atoms with Crippen LogP contribution in [0.2, 0.25) is 0 Å². The van der Waals surface area contributed by atoms with Crippen molar-refractivity contribution in [3.8, 4) is 28.3 Å². The number of aromatic nitrogens is 4. The Morgan fingerprint density at radius 3 is 2.61 bits per heavy atom. The number of hydrogen-bond acceptors (Lipinski definition) is 5. The van der Waals surface area contributed by atoms with Crippen molar-refractivity contribution < 1.29 is 9.53 Å². The zero-order valence-electron chi connectivity index (χ0n) is 18.4. The van der Waals surface area contributed by atoms with E-state index in [1.54, 1.807) is 31.9 Å². The van der Waals surface area contributed by atoms with Crippen molar-refractivity contribution in [2.24, 2.45) is 5.92 Å². The number of nitrogens with zero attached hydrogens (tertiary/aromatic N) is 4. The third-order valence-electron chi connectivity index (χ3n) is 5.82. The SMILES string of the molecule is COc1ccccc1CNC(=O)c1cc(-c2cnc(-c3cccnc3)nc2)cn1CC1CC1. The minimum atomic E-state index is -0.110. The second-order valence-electron chi connectivity index (χ2n) is 8.24. The predicted molar refractivity (Wildman–Crippen MR) is 126 cm³/mol. The van der Waals surface area contributed by atoms with E-state index in [1.165, 1.54) is 12.8 Å². The maximum atomic E-state index is 13.1. The summed E-state index contributed by atoms with van der Waals surface area (Å²) in [6, 6.07) is 13.4. The first kappa shape index (κ1) is 20.9. The lowest BCUT2D eigenvalue weighted by atomic mass is 10.1. The zero-order chi connectivity index (χ0) is 22.6. The van der Waals surface area contributed by atoms with E-state index in [9.17, 15) is 4.79 Å². The van der Waals surface area contributed by atoms with Gasteiger partial charge in [0.05, 0.1) is 7.11 Å². The van der Waals surface area contributed by atoms with Gasteiger partial charge in [-0.25, -0.2) is 9.97 Å². The highest BCUT2D eigenvalue weighted by atomic mass is 16.5. The first-order valence-corrected chi connectivity index (χ1v) is 11.0. The number of para-hydroxylation sites is 1.